The zero-order valence-electron chi connectivity index (χ0n) is 17.2. The summed E-state index contributed by atoms with van der Waals surface area (Å²) in [6.07, 6.45) is 1.95. The maximum Gasteiger partial charge on any atom is 0.293 e. The van der Waals surface area contributed by atoms with Gasteiger partial charge >= 0.3 is 0 Å². The van der Waals surface area contributed by atoms with Gasteiger partial charge in [-0.05, 0) is 51.5 Å². The normalized spacial score (nSPS) is 18.8. The lowest BCUT2D eigenvalue weighted by molar-refractivity contribution is 0.0507. The molecule has 2 N–H and O–H groups in total. The van der Waals surface area contributed by atoms with Crippen molar-refractivity contribution in [2.24, 2.45) is 0 Å². The molecule has 3 aromatic heterocycles. The third kappa shape index (κ3) is 3.62. The highest BCUT2D eigenvalue weighted by Crippen LogP contribution is 2.42. The van der Waals surface area contributed by atoms with E-state index in [1.165, 1.54) is 21.8 Å². The largest absolute Gasteiger partial charge is 0.392 e. The van der Waals surface area contributed by atoms with Crippen LogP contribution in [0.25, 0.3) is 15.9 Å². The average molecular weight is 418 g/mol. The van der Waals surface area contributed by atoms with Gasteiger partial charge in [0.2, 0.25) is 5.82 Å². The van der Waals surface area contributed by atoms with Crippen LogP contribution in [0.5, 0.6) is 0 Å². The highest BCUT2D eigenvalue weighted by molar-refractivity contribution is 7.19. The number of fused-ring (bicyclic) bond motifs is 5. The molecule has 1 aliphatic carbocycles. The Labute approximate surface area is 173 Å². The summed E-state index contributed by atoms with van der Waals surface area (Å²) >= 11 is 1.72. The Morgan fingerprint density at radius 1 is 1.28 bits per heavy atom. The van der Waals surface area contributed by atoms with Gasteiger partial charge in [0.05, 0.1) is 17.6 Å². The topological polar surface area (TPSA) is 104 Å². The quantitative estimate of drug-likeness (QED) is 0.660. The molecular formula is C20H27N5O3S. The summed E-state index contributed by atoms with van der Waals surface area (Å²) in [7, 11) is 0. The van der Waals surface area contributed by atoms with E-state index in [1.54, 1.807) is 29.7 Å². The van der Waals surface area contributed by atoms with Crippen LogP contribution in [-0.2, 0) is 6.42 Å². The van der Waals surface area contributed by atoms with Crippen molar-refractivity contribution < 1.29 is 15.0 Å². The van der Waals surface area contributed by atoms with E-state index in [1.807, 2.05) is 6.92 Å². The minimum absolute atomic E-state index is 0.0621. The number of rotatable bonds is 5. The number of carbonyl (C=O) groups is 1. The van der Waals surface area contributed by atoms with Gasteiger partial charge in [0.25, 0.3) is 5.91 Å². The summed E-state index contributed by atoms with van der Waals surface area (Å²) in [6, 6.07) is 0. The molecule has 8 nitrogen and oxygen atoms in total. The molecule has 1 aliphatic rings. The predicted octanol–water partition coefficient (Wildman–Crippen LogP) is 2.29. The molecule has 1 amide bonds. The van der Waals surface area contributed by atoms with Gasteiger partial charge in [0.15, 0.2) is 5.65 Å². The molecule has 0 fully saturated rings. The fourth-order valence-electron chi connectivity index (χ4n) is 4.20. The van der Waals surface area contributed by atoms with Crippen LogP contribution in [0, 0.1) is 6.92 Å². The van der Waals surface area contributed by atoms with Crippen molar-refractivity contribution >= 4 is 33.1 Å². The lowest BCUT2D eigenvalue weighted by Gasteiger charge is -2.23. The first-order valence-electron chi connectivity index (χ1n) is 10.1. The van der Waals surface area contributed by atoms with E-state index in [4.69, 9.17) is 4.98 Å². The number of hydrogen-bond donors (Lipinski definition) is 2. The van der Waals surface area contributed by atoms with Crippen LogP contribution >= 0.6 is 11.3 Å². The van der Waals surface area contributed by atoms with Crippen LogP contribution in [-0.4, -0.2) is 65.9 Å². The molecule has 0 spiro atoms. The van der Waals surface area contributed by atoms with E-state index in [9.17, 15) is 15.0 Å². The highest BCUT2D eigenvalue weighted by Gasteiger charge is 2.28. The van der Waals surface area contributed by atoms with Crippen molar-refractivity contribution in [3.8, 4) is 0 Å². The Morgan fingerprint density at radius 3 is 2.62 bits per heavy atom. The third-order valence-corrected chi connectivity index (χ3v) is 6.54. The second-order valence-corrected chi connectivity index (χ2v) is 9.23. The summed E-state index contributed by atoms with van der Waals surface area (Å²) in [5.41, 5.74) is 1.96. The predicted molar refractivity (Wildman–Crippen MR) is 112 cm³/mol. The van der Waals surface area contributed by atoms with E-state index in [0.29, 0.717) is 17.4 Å². The SMILES string of the molecule is Cc1nc2sc3c(c2c2nc(C(=O)N(C[C@H](C)O)C[C@@H](C)O)nn12)[C@@H](C)CCC3. The van der Waals surface area contributed by atoms with E-state index >= 15 is 0 Å². The molecule has 3 aromatic rings. The molecule has 3 heterocycles. The average Bonchev–Trinajstić information content (AvgIpc) is 3.22. The van der Waals surface area contributed by atoms with Gasteiger partial charge in [-0.15, -0.1) is 16.4 Å². The van der Waals surface area contributed by atoms with Gasteiger partial charge in [0.1, 0.15) is 10.7 Å². The van der Waals surface area contributed by atoms with Crippen molar-refractivity contribution in [3.63, 3.8) is 0 Å². The van der Waals surface area contributed by atoms with Gasteiger partial charge in [-0.2, -0.15) is 4.52 Å². The maximum absolute atomic E-state index is 13.1. The van der Waals surface area contributed by atoms with E-state index in [2.05, 4.69) is 17.0 Å². The number of amides is 1. The second-order valence-electron chi connectivity index (χ2n) is 8.15. The fourth-order valence-corrected chi connectivity index (χ4v) is 5.57. The first-order valence-corrected chi connectivity index (χ1v) is 10.9. The van der Waals surface area contributed by atoms with Gasteiger partial charge in [-0.3, -0.25) is 4.79 Å². The summed E-state index contributed by atoms with van der Waals surface area (Å²) in [4.78, 5) is 26.1. The molecule has 0 bridgehead atoms. The molecule has 0 saturated carbocycles. The van der Waals surface area contributed by atoms with E-state index in [0.717, 1.165) is 23.1 Å². The zero-order chi connectivity index (χ0) is 20.9. The van der Waals surface area contributed by atoms with Crippen molar-refractivity contribution in [3.05, 3.63) is 22.1 Å². The second kappa shape index (κ2) is 7.62. The summed E-state index contributed by atoms with van der Waals surface area (Å²) in [5, 5.41) is 25.0. The highest BCUT2D eigenvalue weighted by atomic mass is 32.1. The number of aryl methyl sites for hydroxylation is 2. The van der Waals surface area contributed by atoms with Crippen LogP contribution in [0.4, 0.5) is 0 Å². The van der Waals surface area contributed by atoms with Gasteiger partial charge in [-0.1, -0.05) is 6.92 Å². The van der Waals surface area contributed by atoms with Crippen LogP contribution in [0.3, 0.4) is 0 Å². The van der Waals surface area contributed by atoms with Crippen molar-refractivity contribution in [2.45, 2.75) is 65.1 Å². The molecule has 0 aromatic carbocycles. The Balaban J connectivity index is 1.85. The Hall–Kier alpha value is -2.10. The van der Waals surface area contributed by atoms with Crippen LogP contribution in [0.2, 0.25) is 0 Å². The number of aromatic nitrogens is 4. The lowest BCUT2D eigenvalue weighted by atomic mass is 9.87. The number of aliphatic hydroxyl groups is 2. The van der Waals surface area contributed by atoms with E-state index < -0.39 is 18.1 Å². The lowest BCUT2D eigenvalue weighted by Crippen LogP contribution is -2.41. The summed E-state index contributed by atoms with van der Waals surface area (Å²) < 4.78 is 1.65. The smallest absolute Gasteiger partial charge is 0.293 e. The van der Waals surface area contributed by atoms with Crippen molar-refractivity contribution in [1.29, 1.82) is 0 Å². The first-order chi connectivity index (χ1) is 13.8. The molecule has 0 aliphatic heterocycles. The number of thiophene rings is 1. The minimum Gasteiger partial charge on any atom is -0.392 e. The Kier molecular flexibility index (Phi) is 5.30. The molecule has 4 rings (SSSR count). The molecule has 29 heavy (non-hydrogen) atoms. The molecule has 0 radical (unpaired) electrons. The van der Waals surface area contributed by atoms with Gasteiger partial charge in [0, 0.05) is 18.0 Å². The van der Waals surface area contributed by atoms with Crippen molar-refractivity contribution in [1.82, 2.24) is 24.5 Å². The summed E-state index contributed by atoms with van der Waals surface area (Å²) in [6.45, 7) is 7.52. The fraction of sp³-hybridized carbons (Fsp3) is 0.600. The Morgan fingerprint density at radius 2 is 1.97 bits per heavy atom. The van der Waals surface area contributed by atoms with Crippen molar-refractivity contribution in [2.75, 3.05) is 13.1 Å². The number of nitrogens with zero attached hydrogens (tertiary/aromatic N) is 5. The van der Waals surface area contributed by atoms with Gasteiger partial charge in [-0.25, -0.2) is 9.97 Å². The molecule has 9 heteroatoms. The Bertz CT molecular complexity index is 1060. The standard InChI is InChI=1S/C20H27N5O3S/c1-10-6-5-7-14-15(10)16-18-22-17(23-25(18)13(4)21-19(16)29-14)20(28)24(8-11(2)26)9-12(3)27/h10-12,26-27H,5-9H2,1-4H3/t10-,11-,12+/m0/s1. The van der Waals surface area contributed by atoms with Crippen LogP contribution in [0.15, 0.2) is 0 Å². The number of aliphatic hydroxyl groups excluding tert-OH is 2. The molecule has 3 atom stereocenters. The molecule has 0 unspecified atom stereocenters. The van der Waals surface area contributed by atoms with E-state index in [-0.39, 0.29) is 18.9 Å². The van der Waals surface area contributed by atoms with Gasteiger partial charge < -0.3 is 15.1 Å². The first kappa shape index (κ1) is 20.2. The van der Waals surface area contributed by atoms with Crippen LogP contribution in [0.1, 0.15) is 66.4 Å². The monoisotopic (exact) mass is 417 g/mol. The number of hydrogen-bond acceptors (Lipinski definition) is 7. The molecule has 156 valence electrons. The maximum atomic E-state index is 13.1. The van der Waals surface area contributed by atoms with Crippen LogP contribution < -0.4 is 0 Å². The zero-order valence-corrected chi connectivity index (χ0v) is 18.0. The number of carbonyl (C=O) groups excluding carboxylic acids is 1. The molecule has 0 saturated heterocycles. The third-order valence-electron chi connectivity index (χ3n) is 5.39. The summed E-state index contributed by atoms with van der Waals surface area (Å²) in [5.74, 6) is 0.772. The minimum atomic E-state index is -0.713. The molecular weight excluding hydrogens is 390 g/mol.